The second-order valence-electron chi connectivity index (χ2n) is 11.0. The van der Waals surface area contributed by atoms with Crippen molar-refractivity contribution in [1.82, 2.24) is 10.2 Å². The van der Waals surface area contributed by atoms with Gasteiger partial charge in [0.25, 0.3) is 10.0 Å². The molecule has 1 saturated carbocycles. The predicted molar refractivity (Wildman–Crippen MR) is 170 cm³/mol. The third-order valence-corrected chi connectivity index (χ3v) is 10.1. The summed E-state index contributed by atoms with van der Waals surface area (Å²) in [6.07, 6.45) is 4.31. The predicted octanol–water partition coefficient (Wildman–Crippen LogP) is 6.03. The number of halogens is 1. The number of carbonyl (C=O) groups is 2. The number of carbonyl (C=O) groups excluding carboxylic acids is 2. The standard InChI is InChI=1S/C33H40ClN3O5S/c1-5-30(33(39)35-26-12-8-9-13-26)36(21-25-11-7-6-10-24(25)3)32(38)22-37(27-16-19-31(42-4)29(34)20-27)43(40,41)28-17-14-23(2)15-18-28/h6-7,10-11,14-20,26,30H,5,8-9,12-13,21-22H2,1-4H3,(H,35,39)/t30-/m1/s1. The molecular weight excluding hydrogens is 586 g/mol. The van der Waals surface area contributed by atoms with E-state index in [9.17, 15) is 18.0 Å². The van der Waals surface area contributed by atoms with Crippen LogP contribution in [-0.4, -0.2) is 50.9 Å². The van der Waals surface area contributed by atoms with Crippen LogP contribution in [0.2, 0.25) is 5.02 Å². The van der Waals surface area contributed by atoms with Crippen LogP contribution in [0.15, 0.2) is 71.6 Å². The van der Waals surface area contributed by atoms with Gasteiger partial charge in [0, 0.05) is 12.6 Å². The smallest absolute Gasteiger partial charge is 0.264 e. The van der Waals surface area contributed by atoms with E-state index in [0.29, 0.717) is 12.2 Å². The Kier molecular flexibility index (Phi) is 10.7. The zero-order valence-corrected chi connectivity index (χ0v) is 26.7. The molecule has 0 heterocycles. The van der Waals surface area contributed by atoms with E-state index in [4.69, 9.17) is 16.3 Å². The molecule has 1 fully saturated rings. The first-order valence-electron chi connectivity index (χ1n) is 14.6. The maximum atomic E-state index is 14.3. The van der Waals surface area contributed by atoms with E-state index in [1.807, 2.05) is 45.0 Å². The number of methoxy groups -OCH3 is 1. The van der Waals surface area contributed by atoms with Gasteiger partial charge in [-0.25, -0.2) is 8.42 Å². The Hall–Kier alpha value is -3.56. The van der Waals surface area contributed by atoms with Crippen molar-refractivity contribution in [3.8, 4) is 5.75 Å². The zero-order chi connectivity index (χ0) is 31.1. The molecule has 10 heteroatoms. The van der Waals surface area contributed by atoms with Gasteiger partial charge in [0.15, 0.2) is 0 Å². The highest BCUT2D eigenvalue weighted by Crippen LogP contribution is 2.32. The zero-order valence-electron chi connectivity index (χ0n) is 25.2. The van der Waals surface area contributed by atoms with Crippen molar-refractivity contribution >= 4 is 39.1 Å². The first-order chi connectivity index (χ1) is 20.5. The van der Waals surface area contributed by atoms with E-state index in [-0.39, 0.29) is 34.1 Å². The Morgan fingerprint density at radius 3 is 2.30 bits per heavy atom. The summed E-state index contributed by atoms with van der Waals surface area (Å²) >= 11 is 6.41. The molecule has 43 heavy (non-hydrogen) atoms. The van der Waals surface area contributed by atoms with Gasteiger partial charge in [-0.2, -0.15) is 0 Å². The first-order valence-corrected chi connectivity index (χ1v) is 16.4. The average molecular weight is 626 g/mol. The normalized spacial score (nSPS) is 14.3. The number of benzene rings is 3. The van der Waals surface area contributed by atoms with Crippen molar-refractivity contribution < 1.29 is 22.7 Å². The van der Waals surface area contributed by atoms with E-state index in [0.717, 1.165) is 46.7 Å². The number of hydrogen-bond acceptors (Lipinski definition) is 5. The molecule has 1 atom stereocenters. The van der Waals surface area contributed by atoms with Gasteiger partial charge >= 0.3 is 0 Å². The second-order valence-corrected chi connectivity index (χ2v) is 13.3. The molecule has 2 amide bonds. The number of rotatable bonds is 12. The summed E-state index contributed by atoms with van der Waals surface area (Å²) < 4.78 is 34.5. The maximum absolute atomic E-state index is 14.3. The number of ether oxygens (including phenoxy) is 1. The summed E-state index contributed by atoms with van der Waals surface area (Å²) in [4.78, 5) is 29.5. The molecule has 3 aromatic carbocycles. The lowest BCUT2D eigenvalue weighted by Gasteiger charge is -2.34. The third kappa shape index (κ3) is 7.70. The summed E-state index contributed by atoms with van der Waals surface area (Å²) in [5.41, 5.74) is 2.96. The van der Waals surface area contributed by atoms with Crippen LogP contribution in [0.1, 0.15) is 55.7 Å². The number of hydrogen-bond donors (Lipinski definition) is 1. The van der Waals surface area contributed by atoms with Gasteiger partial charge in [0.2, 0.25) is 11.8 Å². The summed E-state index contributed by atoms with van der Waals surface area (Å²) in [6, 6.07) is 18.0. The number of amides is 2. The third-order valence-electron chi connectivity index (χ3n) is 8.00. The topological polar surface area (TPSA) is 96.0 Å². The van der Waals surface area contributed by atoms with Crippen LogP contribution in [0.4, 0.5) is 5.69 Å². The van der Waals surface area contributed by atoms with Gasteiger partial charge in [-0.15, -0.1) is 0 Å². The SMILES string of the molecule is CC[C@H](C(=O)NC1CCCC1)N(Cc1ccccc1C)C(=O)CN(c1ccc(OC)c(Cl)c1)S(=O)(=O)c1ccc(C)cc1. The van der Waals surface area contributed by atoms with Crippen molar-refractivity contribution in [3.63, 3.8) is 0 Å². The molecule has 0 bridgehead atoms. The lowest BCUT2D eigenvalue weighted by Crippen LogP contribution is -2.53. The van der Waals surface area contributed by atoms with Crippen LogP contribution >= 0.6 is 11.6 Å². The van der Waals surface area contributed by atoms with Gasteiger partial charge in [0.1, 0.15) is 18.3 Å². The molecule has 1 aliphatic carbocycles. The number of nitrogens with one attached hydrogen (secondary N) is 1. The lowest BCUT2D eigenvalue weighted by molar-refractivity contribution is -0.140. The Balaban J connectivity index is 1.75. The first kappa shape index (κ1) is 32.4. The molecule has 8 nitrogen and oxygen atoms in total. The summed E-state index contributed by atoms with van der Waals surface area (Å²) in [6.45, 7) is 5.31. The molecule has 0 radical (unpaired) electrons. The summed E-state index contributed by atoms with van der Waals surface area (Å²) in [7, 11) is -2.73. The highest BCUT2D eigenvalue weighted by molar-refractivity contribution is 7.92. The van der Waals surface area contributed by atoms with E-state index in [2.05, 4.69) is 5.32 Å². The van der Waals surface area contributed by atoms with Crippen LogP contribution in [-0.2, 0) is 26.2 Å². The van der Waals surface area contributed by atoms with E-state index in [1.54, 1.807) is 24.3 Å². The minimum absolute atomic E-state index is 0.0364. The van der Waals surface area contributed by atoms with E-state index < -0.39 is 28.5 Å². The van der Waals surface area contributed by atoms with Gasteiger partial charge in [-0.1, -0.05) is 73.3 Å². The summed E-state index contributed by atoms with van der Waals surface area (Å²) in [5, 5.41) is 3.34. The van der Waals surface area contributed by atoms with E-state index in [1.165, 1.54) is 30.2 Å². The van der Waals surface area contributed by atoms with Crippen LogP contribution in [0.5, 0.6) is 5.75 Å². The minimum Gasteiger partial charge on any atom is -0.495 e. The van der Waals surface area contributed by atoms with Crippen molar-refractivity contribution in [3.05, 3.63) is 88.4 Å². The number of anilines is 1. The molecule has 0 aliphatic heterocycles. The molecular formula is C33H40ClN3O5S. The van der Waals surface area contributed by atoms with Crippen LogP contribution in [0.25, 0.3) is 0 Å². The Bertz CT molecular complexity index is 1540. The molecule has 3 aromatic rings. The fraction of sp³-hybridized carbons (Fsp3) is 0.394. The fourth-order valence-corrected chi connectivity index (χ4v) is 7.09. The minimum atomic E-state index is -4.20. The van der Waals surface area contributed by atoms with Gasteiger partial charge in [-0.05, 0) is 74.6 Å². The number of nitrogens with zero attached hydrogens (tertiary/aromatic N) is 2. The fourth-order valence-electron chi connectivity index (χ4n) is 5.43. The lowest BCUT2D eigenvalue weighted by atomic mass is 10.1. The highest BCUT2D eigenvalue weighted by Gasteiger charge is 2.35. The van der Waals surface area contributed by atoms with Crippen LogP contribution in [0, 0.1) is 13.8 Å². The molecule has 0 spiro atoms. The highest BCUT2D eigenvalue weighted by atomic mass is 35.5. The Morgan fingerprint density at radius 2 is 1.70 bits per heavy atom. The molecule has 1 aliphatic rings. The molecule has 0 unspecified atom stereocenters. The van der Waals surface area contributed by atoms with Gasteiger partial charge < -0.3 is 15.0 Å². The quantitative estimate of drug-likeness (QED) is 0.265. The van der Waals surface area contributed by atoms with Crippen molar-refractivity contribution in [2.24, 2.45) is 0 Å². The molecule has 230 valence electrons. The van der Waals surface area contributed by atoms with Gasteiger partial charge in [-0.3, -0.25) is 13.9 Å². The van der Waals surface area contributed by atoms with Crippen LogP contribution < -0.4 is 14.4 Å². The van der Waals surface area contributed by atoms with Crippen LogP contribution in [0.3, 0.4) is 0 Å². The monoisotopic (exact) mass is 625 g/mol. The molecule has 0 aromatic heterocycles. The van der Waals surface area contributed by atoms with E-state index >= 15 is 0 Å². The molecule has 0 saturated heterocycles. The average Bonchev–Trinajstić information content (AvgIpc) is 3.49. The largest absolute Gasteiger partial charge is 0.495 e. The van der Waals surface area contributed by atoms with Crippen molar-refractivity contribution in [2.75, 3.05) is 18.0 Å². The Labute approximate surface area is 260 Å². The number of sulfonamides is 1. The van der Waals surface area contributed by atoms with Crippen molar-refractivity contribution in [1.29, 1.82) is 0 Å². The maximum Gasteiger partial charge on any atom is 0.264 e. The summed E-state index contributed by atoms with van der Waals surface area (Å²) in [5.74, 6) is -0.351. The van der Waals surface area contributed by atoms with Gasteiger partial charge in [0.05, 0.1) is 22.7 Å². The second kappa shape index (κ2) is 14.3. The molecule has 4 rings (SSSR count). The molecule has 1 N–H and O–H groups in total. The van der Waals surface area contributed by atoms with Crippen molar-refractivity contribution in [2.45, 2.75) is 76.4 Å². The number of aryl methyl sites for hydroxylation is 2. The Morgan fingerprint density at radius 1 is 1.02 bits per heavy atom.